The summed E-state index contributed by atoms with van der Waals surface area (Å²) in [5, 5.41) is 23.0. The fourth-order valence-corrected chi connectivity index (χ4v) is 2.48. The summed E-state index contributed by atoms with van der Waals surface area (Å²) in [6.45, 7) is 0.0391. The molecule has 0 aliphatic heterocycles. The number of aromatic nitrogens is 4. The van der Waals surface area contributed by atoms with E-state index in [1.54, 1.807) is 6.20 Å². The first-order valence-corrected chi connectivity index (χ1v) is 8.44. The van der Waals surface area contributed by atoms with Gasteiger partial charge in [0.25, 0.3) is 5.91 Å². The molecule has 124 valence electrons. The fourth-order valence-electron chi connectivity index (χ4n) is 2.14. The van der Waals surface area contributed by atoms with Gasteiger partial charge in [-0.3, -0.25) is 9.89 Å². The number of carbonyl (C=O) groups is 1. The van der Waals surface area contributed by atoms with Crippen LogP contribution in [0.4, 0.5) is 11.5 Å². The molecule has 3 aromatic rings. The highest BCUT2D eigenvalue weighted by molar-refractivity contribution is 7.98. The van der Waals surface area contributed by atoms with E-state index >= 15 is 0 Å². The first-order chi connectivity index (χ1) is 11.7. The Labute approximate surface area is 142 Å². The van der Waals surface area contributed by atoms with Crippen LogP contribution in [0.1, 0.15) is 10.4 Å². The Morgan fingerprint density at radius 3 is 3.04 bits per heavy atom. The highest BCUT2D eigenvalue weighted by Crippen LogP contribution is 2.23. The summed E-state index contributed by atoms with van der Waals surface area (Å²) in [7, 11) is 0. The van der Waals surface area contributed by atoms with Gasteiger partial charge in [0.15, 0.2) is 5.16 Å². The third-order valence-electron chi connectivity index (χ3n) is 3.30. The number of aliphatic hydroxyl groups is 1. The Hall–Kier alpha value is -2.65. The second kappa shape index (κ2) is 7.28. The van der Waals surface area contributed by atoms with Gasteiger partial charge in [0.1, 0.15) is 11.4 Å². The molecule has 9 heteroatoms. The number of benzene rings is 1. The first-order valence-electron chi connectivity index (χ1n) is 7.21. The number of carbonyl (C=O) groups excluding carboxylic acids is 1. The van der Waals surface area contributed by atoms with Gasteiger partial charge in [0, 0.05) is 23.8 Å². The fraction of sp³-hybridized carbons (Fsp3) is 0.200. The molecule has 0 unspecified atom stereocenters. The van der Waals surface area contributed by atoms with Gasteiger partial charge in [0.2, 0.25) is 0 Å². The van der Waals surface area contributed by atoms with E-state index in [1.807, 2.05) is 24.5 Å². The van der Waals surface area contributed by atoms with Crippen molar-refractivity contribution in [3.05, 3.63) is 36.2 Å². The highest BCUT2D eigenvalue weighted by Gasteiger charge is 2.15. The Balaban J connectivity index is 1.93. The second-order valence-electron chi connectivity index (χ2n) is 4.90. The maximum absolute atomic E-state index is 12.2. The van der Waals surface area contributed by atoms with Gasteiger partial charge in [-0.1, -0.05) is 11.8 Å². The van der Waals surface area contributed by atoms with E-state index in [-0.39, 0.29) is 19.1 Å². The lowest BCUT2D eigenvalue weighted by molar-refractivity contribution is 0.0945. The van der Waals surface area contributed by atoms with Crippen LogP contribution in [0.5, 0.6) is 0 Å². The van der Waals surface area contributed by atoms with Crippen LogP contribution >= 0.6 is 11.8 Å². The highest BCUT2D eigenvalue weighted by atomic mass is 32.2. The Bertz CT molecular complexity index is 866. The van der Waals surface area contributed by atoms with Gasteiger partial charge in [-0.2, -0.15) is 5.10 Å². The number of hydrogen-bond donors (Lipinski definition) is 4. The zero-order chi connectivity index (χ0) is 16.9. The van der Waals surface area contributed by atoms with E-state index in [4.69, 9.17) is 5.11 Å². The van der Waals surface area contributed by atoms with Crippen LogP contribution in [0.15, 0.2) is 35.7 Å². The minimum absolute atomic E-state index is 0.130. The zero-order valence-electron chi connectivity index (χ0n) is 12.9. The van der Waals surface area contributed by atoms with Crippen molar-refractivity contribution in [3.63, 3.8) is 0 Å². The van der Waals surface area contributed by atoms with Crippen molar-refractivity contribution in [1.82, 2.24) is 25.5 Å². The van der Waals surface area contributed by atoms with E-state index in [2.05, 4.69) is 30.8 Å². The third-order valence-corrected chi connectivity index (χ3v) is 3.86. The van der Waals surface area contributed by atoms with E-state index in [9.17, 15) is 4.79 Å². The number of aromatic amines is 1. The summed E-state index contributed by atoms with van der Waals surface area (Å²) >= 11 is 1.39. The molecule has 24 heavy (non-hydrogen) atoms. The Kier molecular flexibility index (Phi) is 4.92. The standard InChI is InChI=1S/C15H16N6O2S/c1-24-15-17-8-11(14(23)16-4-5-22)13(20-15)19-10-3-2-9-7-18-21-12(9)6-10/h2-3,6-8,22H,4-5H2,1H3,(H,16,23)(H,18,21)(H,17,19,20). The molecule has 0 aliphatic carbocycles. The summed E-state index contributed by atoms with van der Waals surface area (Å²) in [6, 6.07) is 5.69. The zero-order valence-corrected chi connectivity index (χ0v) is 13.7. The molecule has 0 atom stereocenters. The summed E-state index contributed by atoms with van der Waals surface area (Å²) in [5.74, 6) is 0.0606. The smallest absolute Gasteiger partial charge is 0.256 e. The average molecular weight is 344 g/mol. The SMILES string of the molecule is CSc1ncc(C(=O)NCCO)c(Nc2ccc3cn[nH]c3c2)n1. The first kappa shape index (κ1) is 16.2. The van der Waals surface area contributed by atoms with Crippen molar-refractivity contribution >= 4 is 40.1 Å². The molecule has 8 nitrogen and oxygen atoms in total. The van der Waals surface area contributed by atoms with Crippen molar-refractivity contribution in [2.45, 2.75) is 5.16 Å². The van der Waals surface area contributed by atoms with Crippen molar-refractivity contribution in [1.29, 1.82) is 0 Å². The molecule has 4 N–H and O–H groups in total. The number of nitrogens with zero attached hydrogens (tertiary/aromatic N) is 3. The van der Waals surface area contributed by atoms with Crippen molar-refractivity contribution in [3.8, 4) is 0 Å². The number of nitrogens with one attached hydrogen (secondary N) is 3. The molecule has 0 saturated heterocycles. The number of H-pyrrole nitrogens is 1. The molecule has 0 aliphatic rings. The van der Waals surface area contributed by atoms with E-state index in [1.165, 1.54) is 18.0 Å². The van der Waals surface area contributed by atoms with Gasteiger partial charge in [-0.25, -0.2) is 9.97 Å². The molecule has 2 aromatic heterocycles. The number of fused-ring (bicyclic) bond motifs is 1. The lowest BCUT2D eigenvalue weighted by Crippen LogP contribution is -2.27. The van der Waals surface area contributed by atoms with Crippen molar-refractivity contribution in [2.75, 3.05) is 24.7 Å². The van der Waals surface area contributed by atoms with Crippen LogP contribution in [0.3, 0.4) is 0 Å². The normalized spacial score (nSPS) is 10.8. The quantitative estimate of drug-likeness (QED) is 0.396. The third kappa shape index (κ3) is 3.47. The summed E-state index contributed by atoms with van der Waals surface area (Å²) in [5.41, 5.74) is 1.96. The summed E-state index contributed by atoms with van der Waals surface area (Å²) in [4.78, 5) is 20.7. The number of rotatable bonds is 6. The Morgan fingerprint density at radius 1 is 1.38 bits per heavy atom. The van der Waals surface area contributed by atoms with Crippen molar-refractivity contribution in [2.24, 2.45) is 0 Å². The minimum atomic E-state index is -0.346. The molecule has 3 rings (SSSR count). The van der Waals surface area contributed by atoms with E-state index < -0.39 is 0 Å². The molecule has 0 spiro atoms. The maximum atomic E-state index is 12.2. The number of anilines is 2. The van der Waals surface area contributed by atoms with Gasteiger partial charge in [-0.15, -0.1) is 0 Å². The van der Waals surface area contributed by atoms with Crippen LogP contribution in [-0.4, -0.2) is 50.6 Å². The Morgan fingerprint density at radius 2 is 2.25 bits per heavy atom. The van der Waals surface area contributed by atoms with Crippen LogP contribution in [0.25, 0.3) is 10.9 Å². The molecule has 0 radical (unpaired) electrons. The lowest BCUT2D eigenvalue weighted by Gasteiger charge is -2.12. The molecular weight excluding hydrogens is 328 g/mol. The van der Waals surface area contributed by atoms with E-state index in [0.29, 0.717) is 16.5 Å². The van der Waals surface area contributed by atoms with Crippen LogP contribution in [-0.2, 0) is 0 Å². The van der Waals surface area contributed by atoms with Crippen LogP contribution < -0.4 is 10.6 Å². The predicted octanol–water partition coefficient (Wildman–Crippen LogP) is 1.54. The van der Waals surface area contributed by atoms with Gasteiger partial charge < -0.3 is 15.7 Å². The monoisotopic (exact) mass is 344 g/mol. The van der Waals surface area contributed by atoms with Crippen molar-refractivity contribution < 1.29 is 9.90 Å². The number of thioether (sulfide) groups is 1. The predicted molar refractivity (Wildman–Crippen MR) is 92.6 cm³/mol. The number of aliphatic hydroxyl groups excluding tert-OH is 1. The topological polar surface area (TPSA) is 116 Å². The summed E-state index contributed by atoms with van der Waals surface area (Å²) in [6.07, 6.45) is 5.08. The number of hydrogen-bond acceptors (Lipinski definition) is 7. The molecule has 0 saturated carbocycles. The molecule has 2 heterocycles. The van der Waals surface area contributed by atoms with Gasteiger partial charge in [0.05, 0.1) is 18.3 Å². The summed E-state index contributed by atoms with van der Waals surface area (Å²) < 4.78 is 0. The van der Waals surface area contributed by atoms with E-state index in [0.717, 1.165) is 16.6 Å². The van der Waals surface area contributed by atoms with Crippen LogP contribution in [0.2, 0.25) is 0 Å². The largest absolute Gasteiger partial charge is 0.395 e. The van der Waals surface area contributed by atoms with Gasteiger partial charge in [-0.05, 0) is 24.5 Å². The minimum Gasteiger partial charge on any atom is -0.395 e. The molecule has 0 bridgehead atoms. The lowest BCUT2D eigenvalue weighted by atomic mass is 10.2. The molecule has 1 amide bonds. The average Bonchev–Trinajstić information content (AvgIpc) is 3.07. The number of amides is 1. The van der Waals surface area contributed by atoms with Crippen LogP contribution in [0, 0.1) is 0 Å². The molecule has 0 fully saturated rings. The van der Waals surface area contributed by atoms with Gasteiger partial charge >= 0.3 is 0 Å². The second-order valence-corrected chi connectivity index (χ2v) is 5.67. The maximum Gasteiger partial charge on any atom is 0.256 e. The molecule has 1 aromatic carbocycles. The molecular formula is C15H16N6O2S.